The molecule has 3 rings (SSSR count). The zero-order chi connectivity index (χ0) is 23.3. The fourth-order valence-corrected chi connectivity index (χ4v) is 3.75. The molecule has 166 valence electrons. The number of carbonyl (C=O) groups is 1. The molecule has 0 aliphatic carbocycles. The minimum atomic E-state index is -3.91. The molecule has 32 heavy (non-hydrogen) atoms. The lowest BCUT2D eigenvalue weighted by Gasteiger charge is -2.10. The second-order valence-corrected chi connectivity index (χ2v) is 9.58. The van der Waals surface area contributed by atoms with E-state index in [1.54, 1.807) is 50.3 Å². The molecule has 0 aliphatic rings. The van der Waals surface area contributed by atoms with Gasteiger partial charge < -0.3 is 5.32 Å². The molecular formula is C22H20Cl2N4O3S. The number of carbonyl (C=O) groups excluding carboxylic acids is 1. The molecule has 10 heteroatoms. The van der Waals surface area contributed by atoms with Crippen LogP contribution in [0.15, 0.2) is 59.6 Å². The van der Waals surface area contributed by atoms with Crippen molar-refractivity contribution in [1.29, 1.82) is 0 Å². The molecule has 0 fully saturated rings. The molecule has 2 aromatic carbocycles. The summed E-state index contributed by atoms with van der Waals surface area (Å²) in [7, 11) is -3.91. The molecule has 7 nitrogen and oxygen atoms in total. The van der Waals surface area contributed by atoms with Crippen molar-refractivity contribution < 1.29 is 13.2 Å². The number of anilines is 2. The van der Waals surface area contributed by atoms with E-state index < -0.39 is 10.0 Å². The number of nitrogens with one attached hydrogen (secondary N) is 2. The van der Waals surface area contributed by atoms with Crippen molar-refractivity contribution in [3.63, 3.8) is 0 Å². The minimum Gasteiger partial charge on any atom is -0.326 e. The number of halogens is 2. The van der Waals surface area contributed by atoms with Gasteiger partial charge in [0.05, 0.1) is 20.6 Å². The summed E-state index contributed by atoms with van der Waals surface area (Å²) >= 11 is 11.9. The third-order valence-electron chi connectivity index (χ3n) is 4.25. The molecule has 0 unspecified atom stereocenters. The van der Waals surface area contributed by atoms with E-state index in [1.165, 1.54) is 30.5 Å². The molecule has 1 aromatic heterocycles. The largest absolute Gasteiger partial charge is 0.326 e. The quantitative estimate of drug-likeness (QED) is 0.464. The van der Waals surface area contributed by atoms with Crippen LogP contribution in [0.5, 0.6) is 0 Å². The third kappa shape index (κ3) is 6.29. The van der Waals surface area contributed by atoms with Gasteiger partial charge in [0.2, 0.25) is 11.9 Å². The lowest BCUT2D eigenvalue weighted by Crippen LogP contribution is -2.18. The molecule has 3 aromatic rings. The summed E-state index contributed by atoms with van der Waals surface area (Å²) in [6.07, 6.45) is 4.92. The number of hydrogen-bond donors (Lipinski definition) is 2. The molecular weight excluding hydrogens is 471 g/mol. The summed E-state index contributed by atoms with van der Waals surface area (Å²) in [5, 5.41) is 3.60. The van der Waals surface area contributed by atoms with Gasteiger partial charge in [0.25, 0.3) is 10.0 Å². The minimum absolute atomic E-state index is 0.0143. The van der Waals surface area contributed by atoms with E-state index in [1.807, 2.05) is 0 Å². The second-order valence-electron chi connectivity index (χ2n) is 7.09. The Labute approximate surface area is 196 Å². The van der Waals surface area contributed by atoms with Crippen molar-refractivity contribution >= 4 is 62.9 Å². The van der Waals surface area contributed by atoms with E-state index in [0.29, 0.717) is 21.4 Å². The second kappa shape index (κ2) is 10.1. The molecule has 0 spiro atoms. The Morgan fingerprint density at radius 2 is 1.72 bits per heavy atom. The van der Waals surface area contributed by atoms with Crippen LogP contribution in [0.1, 0.15) is 25.1 Å². The molecule has 0 radical (unpaired) electrons. The summed E-state index contributed by atoms with van der Waals surface area (Å²) in [4.78, 5) is 20.0. The van der Waals surface area contributed by atoms with Crippen molar-refractivity contribution in [2.45, 2.75) is 18.7 Å². The third-order valence-corrected chi connectivity index (χ3v) is 6.33. The van der Waals surface area contributed by atoms with Crippen LogP contribution >= 0.6 is 23.2 Å². The van der Waals surface area contributed by atoms with Gasteiger partial charge >= 0.3 is 0 Å². The van der Waals surface area contributed by atoms with Crippen molar-refractivity contribution in [3.05, 3.63) is 76.0 Å². The van der Waals surface area contributed by atoms with Gasteiger partial charge in [0.15, 0.2) is 0 Å². The standard InChI is InChI=1S/C22H20Cl2N4O3S/c1-14(2)21(29)26-16-6-8-18(9-7-16)32(30,31)28-22-25-12-11-17(27-22)5-3-15-4-10-19(23)20(24)13-15/h3-14H,1-2H3,(H,26,29)(H,25,27,28)/b5-3+. The first-order valence-electron chi connectivity index (χ1n) is 9.54. The highest BCUT2D eigenvalue weighted by atomic mass is 35.5. The maximum atomic E-state index is 12.7. The maximum Gasteiger partial charge on any atom is 0.264 e. The van der Waals surface area contributed by atoms with Crippen LogP contribution in [0.2, 0.25) is 10.0 Å². The Bertz CT molecular complexity index is 1260. The summed E-state index contributed by atoms with van der Waals surface area (Å²) in [5.41, 5.74) is 1.81. The van der Waals surface area contributed by atoms with E-state index in [4.69, 9.17) is 23.2 Å². The number of nitrogens with zero attached hydrogens (tertiary/aromatic N) is 2. The van der Waals surface area contributed by atoms with E-state index in [-0.39, 0.29) is 22.7 Å². The van der Waals surface area contributed by atoms with Gasteiger partial charge in [-0.3, -0.25) is 4.79 Å². The van der Waals surface area contributed by atoms with Gasteiger partial charge in [-0.1, -0.05) is 49.2 Å². The van der Waals surface area contributed by atoms with Crippen LogP contribution in [0.25, 0.3) is 12.2 Å². The van der Waals surface area contributed by atoms with Gasteiger partial charge in [-0.15, -0.1) is 0 Å². The number of aromatic nitrogens is 2. The monoisotopic (exact) mass is 490 g/mol. The normalized spacial score (nSPS) is 11.7. The zero-order valence-corrected chi connectivity index (χ0v) is 19.5. The average molecular weight is 491 g/mol. The molecule has 0 saturated heterocycles. The number of hydrogen-bond acceptors (Lipinski definition) is 5. The molecule has 1 heterocycles. The highest BCUT2D eigenvalue weighted by molar-refractivity contribution is 7.92. The van der Waals surface area contributed by atoms with Crippen LogP contribution in [-0.4, -0.2) is 24.3 Å². The van der Waals surface area contributed by atoms with E-state index in [9.17, 15) is 13.2 Å². The number of rotatable bonds is 7. The van der Waals surface area contributed by atoms with Crippen LogP contribution in [0.4, 0.5) is 11.6 Å². The fourth-order valence-electron chi connectivity index (χ4n) is 2.50. The zero-order valence-electron chi connectivity index (χ0n) is 17.2. The summed E-state index contributed by atoms with van der Waals surface area (Å²) in [6, 6.07) is 12.7. The Morgan fingerprint density at radius 3 is 2.38 bits per heavy atom. The lowest BCUT2D eigenvalue weighted by atomic mass is 10.2. The average Bonchev–Trinajstić information content (AvgIpc) is 2.75. The van der Waals surface area contributed by atoms with Crippen molar-refractivity contribution in [2.75, 3.05) is 10.0 Å². The van der Waals surface area contributed by atoms with E-state index in [2.05, 4.69) is 20.0 Å². The molecule has 0 atom stereocenters. The Kier molecular flexibility index (Phi) is 7.50. The van der Waals surface area contributed by atoms with Crippen LogP contribution < -0.4 is 10.0 Å². The van der Waals surface area contributed by atoms with Gasteiger partial charge in [0, 0.05) is 17.8 Å². The maximum absolute atomic E-state index is 12.7. The topological polar surface area (TPSA) is 101 Å². The smallest absolute Gasteiger partial charge is 0.264 e. The first-order chi connectivity index (χ1) is 15.1. The molecule has 2 N–H and O–H groups in total. The number of amides is 1. The highest BCUT2D eigenvalue weighted by Crippen LogP contribution is 2.23. The van der Waals surface area contributed by atoms with E-state index in [0.717, 1.165) is 5.56 Å². The van der Waals surface area contributed by atoms with Crippen LogP contribution in [0.3, 0.4) is 0 Å². The van der Waals surface area contributed by atoms with Crippen LogP contribution in [0, 0.1) is 5.92 Å². The predicted octanol–water partition coefficient (Wildman–Crippen LogP) is 5.35. The molecule has 1 amide bonds. The lowest BCUT2D eigenvalue weighted by molar-refractivity contribution is -0.118. The van der Waals surface area contributed by atoms with Gasteiger partial charge in [-0.05, 0) is 54.1 Å². The fraction of sp³-hybridized carbons (Fsp3) is 0.136. The Morgan fingerprint density at radius 1 is 1.00 bits per heavy atom. The summed E-state index contributed by atoms with van der Waals surface area (Å²) < 4.78 is 27.7. The number of benzene rings is 2. The van der Waals surface area contributed by atoms with E-state index >= 15 is 0 Å². The summed E-state index contributed by atoms with van der Waals surface area (Å²) in [5.74, 6) is -0.411. The predicted molar refractivity (Wildman–Crippen MR) is 128 cm³/mol. The first kappa shape index (κ1) is 23.7. The summed E-state index contributed by atoms with van der Waals surface area (Å²) in [6.45, 7) is 3.54. The van der Waals surface area contributed by atoms with Gasteiger partial charge in [-0.2, -0.15) is 0 Å². The molecule has 0 aliphatic heterocycles. The first-order valence-corrected chi connectivity index (χ1v) is 11.8. The van der Waals surface area contributed by atoms with Gasteiger partial charge in [0.1, 0.15) is 0 Å². The Balaban J connectivity index is 1.73. The van der Waals surface area contributed by atoms with Crippen molar-refractivity contribution in [1.82, 2.24) is 9.97 Å². The highest BCUT2D eigenvalue weighted by Gasteiger charge is 2.16. The van der Waals surface area contributed by atoms with Crippen LogP contribution in [-0.2, 0) is 14.8 Å². The number of sulfonamides is 1. The Hall–Kier alpha value is -2.94. The molecule has 0 bridgehead atoms. The van der Waals surface area contributed by atoms with Gasteiger partial charge in [-0.25, -0.2) is 23.1 Å². The SMILES string of the molecule is CC(C)C(=O)Nc1ccc(S(=O)(=O)Nc2nccc(/C=C/c3ccc(Cl)c(Cl)c3)n2)cc1. The molecule has 0 saturated carbocycles. The van der Waals surface area contributed by atoms with Crippen molar-refractivity contribution in [3.8, 4) is 0 Å². The van der Waals surface area contributed by atoms with Crippen molar-refractivity contribution in [2.24, 2.45) is 5.92 Å².